The standard InChI is InChI=1S/C18H17F3N2/c1-3-4-8-13-15(19)17(23-18(21)16(13)20)14(10-22)12-7-5-6-11(2)9-12/h5-7,9,14H,3-4,8H2,1-2H3. The number of unbranched alkanes of at least 4 members (excludes halogenated alkanes) is 1. The van der Waals surface area contributed by atoms with Crippen molar-refractivity contribution in [2.45, 2.75) is 39.0 Å². The molecule has 0 saturated carbocycles. The van der Waals surface area contributed by atoms with Crippen LogP contribution in [-0.2, 0) is 6.42 Å². The maximum atomic E-state index is 14.6. The molecule has 23 heavy (non-hydrogen) atoms. The van der Waals surface area contributed by atoms with E-state index in [4.69, 9.17) is 0 Å². The van der Waals surface area contributed by atoms with E-state index in [1.54, 1.807) is 18.2 Å². The second-order valence-corrected chi connectivity index (χ2v) is 5.47. The largest absolute Gasteiger partial charge is 0.249 e. The Kier molecular flexibility index (Phi) is 5.38. The summed E-state index contributed by atoms with van der Waals surface area (Å²) in [6.45, 7) is 3.71. The van der Waals surface area contributed by atoms with E-state index in [2.05, 4.69) is 4.98 Å². The fourth-order valence-corrected chi connectivity index (χ4v) is 2.49. The predicted molar refractivity (Wildman–Crippen MR) is 81.4 cm³/mol. The van der Waals surface area contributed by atoms with Crippen LogP contribution in [0.5, 0.6) is 0 Å². The summed E-state index contributed by atoms with van der Waals surface area (Å²) in [5.74, 6) is -4.63. The van der Waals surface area contributed by atoms with Crippen LogP contribution < -0.4 is 0 Å². The molecule has 0 amide bonds. The molecule has 1 aromatic heterocycles. The average molecular weight is 318 g/mol. The first-order valence-corrected chi connectivity index (χ1v) is 7.49. The van der Waals surface area contributed by atoms with Crippen LogP contribution in [0.25, 0.3) is 0 Å². The van der Waals surface area contributed by atoms with Gasteiger partial charge >= 0.3 is 0 Å². The Balaban J connectivity index is 2.57. The molecule has 1 aromatic carbocycles. The third-order valence-electron chi connectivity index (χ3n) is 3.71. The molecular weight excluding hydrogens is 301 g/mol. The molecule has 0 spiro atoms. The lowest BCUT2D eigenvalue weighted by Crippen LogP contribution is -2.12. The van der Waals surface area contributed by atoms with Gasteiger partial charge < -0.3 is 0 Å². The molecule has 1 heterocycles. The van der Waals surface area contributed by atoms with Gasteiger partial charge in [-0.25, -0.2) is 13.8 Å². The minimum absolute atomic E-state index is 0.0760. The smallest absolute Gasteiger partial charge is 0.217 e. The minimum atomic E-state index is -1.36. The summed E-state index contributed by atoms with van der Waals surface area (Å²) >= 11 is 0. The number of rotatable bonds is 5. The zero-order chi connectivity index (χ0) is 17.0. The van der Waals surface area contributed by atoms with E-state index < -0.39 is 23.5 Å². The van der Waals surface area contributed by atoms with Crippen LogP contribution in [0.4, 0.5) is 13.2 Å². The van der Waals surface area contributed by atoms with Gasteiger partial charge in [-0.05, 0) is 25.3 Å². The van der Waals surface area contributed by atoms with Crippen molar-refractivity contribution in [3.05, 3.63) is 64.2 Å². The summed E-state index contributed by atoms with van der Waals surface area (Å²) in [4.78, 5) is 3.38. The van der Waals surface area contributed by atoms with Crippen molar-refractivity contribution >= 4 is 0 Å². The van der Waals surface area contributed by atoms with E-state index in [9.17, 15) is 18.4 Å². The van der Waals surface area contributed by atoms with Crippen LogP contribution in [-0.4, -0.2) is 4.98 Å². The van der Waals surface area contributed by atoms with Crippen molar-refractivity contribution in [2.24, 2.45) is 0 Å². The summed E-state index contributed by atoms with van der Waals surface area (Å²) in [7, 11) is 0. The maximum absolute atomic E-state index is 14.6. The number of nitriles is 1. The highest BCUT2D eigenvalue weighted by atomic mass is 19.2. The summed E-state index contributed by atoms with van der Waals surface area (Å²) in [6, 6.07) is 8.86. The fraction of sp³-hybridized carbons (Fsp3) is 0.333. The van der Waals surface area contributed by atoms with Crippen LogP contribution in [0.15, 0.2) is 24.3 Å². The van der Waals surface area contributed by atoms with Gasteiger partial charge in [0.15, 0.2) is 11.6 Å². The van der Waals surface area contributed by atoms with Crippen molar-refractivity contribution in [1.29, 1.82) is 5.26 Å². The SMILES string of the molecule is CCCCc1c(F)c(F)nc(C(C#N)c2cccc(C)c2)c1F. The first-order chi connectivity index (χ1) is 11.0. The molecule has 0 aliphatic heterocycles. The van der Waals surface area contributed by atoms with E-state index in [1.165, 1.54) is 0 Å². The molecule has 0 saturated heterocycles. The molecular formula is C18H17F3N2. The van der Waals surface area contributed by atoms with Crippen molar-refractivity contribution in [1.82, 2.24) is 4.98 Å². The molecule has 120 valence electrons. The Hall–Kier alpha value is -2.35. The number of hydrogen-bond donors (Lipinski definition) is 0. The number of hydrogen-bond acceptors (Lipinski definition) is 2. The lowest BCUT2D eigenvalue weighted by Gasteiger charge is -2.14. The molecule has 0 aliphatic carbocycles. The maximum Gasteiger partial charge on any atom is 0.249 e. The first kappa shape index (κ1) is 17.0. The lowest BCUT2D eigenvalue weighted by atomic mass is 9.93. The Labute approximate surface area is 133 Å². The highest BCUT2D eigenvalue weighted by Gasteiger charge is 2.26. The molecule has 0 bridgehead atoms. The van der Waals surface area contributed by atoms with Gasteiger partial charge in [-0.15, -0.1) is 0 Å². The van der Waals surface area contributed by atoms with Crippen molar-refractivity contribution in [3.8, 4) is 6.07 Å². The van der Waals surface area contributed by atoms with Gasteiger partial charge in [-0.3, -0.25) is 0 Å². The summed E-state index contributed by atoms with van der Waals surface area (Å²) in [5, 5.41) is 9.40. The summed E-state index contributed by atoms with van der Waals surface area (Å²) in [5.41, 5.74) is 0.702. The van der Waals surface area contributed by atoms with Gasteiger partial charge in [0.2, 0.25) is 5.95 Å². The zero-order valence-electron chi connectivity index (χ0n) is 13.0. The van der Waals surface area contributed by atoms with E-state index >= 15 is 0 Å². The molecule has 2 aromatic rings. The second kappa shape index (κ2) is 7.28. The molecule has 0 fully saturated rings. The molecule has 1 atom stereocenters. The average Bonchev–Trinajstić information content (AvgIpc) is 2.53. The Bertz CT molecular complexity index is 751. The molecule has 0 N–H and O–H groups in total. The van der Waals surface area contributed by atoms with Crippen LogP contribution in [0.3, 0.4) is 0 Å². The number of nitrogens with zero attached hydrogens (tertiary/aromatic N) is 2. The summed E-state index contributed by atoms with van der Waals surface area (Å²) < 4.78 is 42.3. The van der Waals surface area contributed by atoms with Crippen molar-refractivity contribution in [3.63, 3.8) is 0 Å². The Morgan fingerprint density at radius 3 is 2.57 bits per heavy atom. The van der Waals surface area contributed by atoms with Gasteiger partial charge in [0.05, 0.1) is 6.07 Å². The van der Waals surface area contributed by atoms with Gasteiger partial charge in [0, 0.05) is 5.56 Å². The minimum Gasteiger partial charge on any atom is -0.217 e. The molecule has 0 aliphatic rings. The number of aromatic nitrogens is 1. The van der Waals surface area contributed by atoms with E-state index in [0.717, 1.165) is 12.0 Å². The first-order valence-electron chi connectivity index (χ1n) is 7.49. The van der Waals surface area contributed by atoms with Crippen LogP contribution in [0.1, 0.15) is 48.1 Å². The van der Waals surface area contributed by atoms with Crippen LogP contribution >= 0.6 is 0 Å². The second-order valence-electron chi connectivity index (χ2n) is 5.47. The number of aryl methyl sites for hydroxylation is 1. The molecule has 1 unspecified atom stereocenters. The van der Waals surface area contributed by atoms with E-state index in [0.29, 0.717) is 12.0 Å². The van der Waals surface area contributed by atoms with E-state index in [-0.39, 0.29) is 17.7 Å². The lowest BCUT2D eigenvalue weighted by molar-refractivity contribution is 0.440. The molecule has 2 nitrogen and oxygen atoms in total. The highest BCUT2D eigenvalue weighted by Crippen LogP contribution is 2.29. The number of benzene rings is 1. The van der Waals surface area contributed by atoms with E-state index in [1.807, 2.05) is 26.0 Å². The third kappa shape index (κ3) is 3.53. The van der Waals surface area contributed by atoms with Gasteiger partial charge in [0.1, 0.15) is 11.6 Å². The summed E-state index contributed by atoms with van der Waals surface area (Å²) in [6.07, 6.45) is 1.32. The highest BCUT2D eigenvalue weighted by molar-refractivity contribution is 5.39. The third-order valence-corrected chi connectivity index (χ3v) is 3.71. The number of halogens is 3. The van der Waals surface area contributed by atoms with Gasteiger partial charge in [-0.1, -0.05) is 43.2 Å². The normalized spacial score (nSPS) is 12.0. The molecule has 0 radical (unpaired) electrons. The number of pyridine rings is 1. The topological polar surface area (TPSA) is 36.7 Å². The molecule has 2 rings (SSSR count). The Morgan fingerprint density at radius 1 is 1.22 bits per heavy atom. The molecule has 5 heteroatoms. The van der Waals surface area contributed by atoms with Crippen molar-refractivity contribution < 1.29 is 13.2 Å². The zero-order valence-corrected chi connectivity index (χ0v) is 13.0. The fourth-order valence-electron chi connectivity index (χ4n) is 2.49. The predicted octanol–water partition coefficient (Wildman–Crippen LogP) is 4.81. The van der Waals surface area contributed by atoms with Gasteiger partial charge in [0.25, 0.3) is 0 Å². The monoisotopic (exact) mass is 318 g/mol. The van der Waals surface area contributed by atoms with Gasteiger partial charge in [-0.2, -0.15) is 9.65 Å². The van der Waals surface area contributed by atoms with Crippen LogP contribution in [0.2, 0.25) is 0 Å². The quantitative estimate of drug-likeness (QED) is 0.742. The Morgan fingerprint density at radius 2 is 1.96 bits per heavy atom. The van der Waals surface area contributed by atoms with Crippen LogP contribution in [0, 0.1) is 35.8 Å². The van der Waals surface area contributed by atoms with Crippen molar-refractivity contribution in [2.75, 3.05) is 0 Å².